The van der Waals surface area contributed by atoms with Crippen LogP contribution in [0.4, 0.5) is 16.2 Å². The van der Waals surface area contributed by atoms with Crippen molar-refractivity contribution in [3.63, 3.8) is 0 Å². The van der Waals surface area contributed by atoms with Gasteiger partial charge in [-0.15, -0.1) is 0 Å². The first-order chi connectivity index (χ1) is 21.5. The molecule has 0 aliphatic carbocycles. The Kier molecular flexibility index (Phi) is 11.2. The lowest BCUT2D eigenvalue weighted by molar-refractivity contribution is -0.384. The standard InChI is InChI=1S/C30H25BrClN3O9S/c1-3-10-43-29(38)21-13-19(6-9-23(21)32)33-27(36)15-34-28(37)26(45-30(34)39)12-18-11-24(42-2)25(14-22(18)31)44-16-17-4-7-20(8-5-17)35(40)41/h4-9,11-14H,3,10,15-16H2,1-2H3,(H,33,36)/b26-12+. The summed E-state index contributed by atoms with van der Waals surface area (Å²) in [6.45, 7) is 1.62. The summed E-state index contributed by atoms with van der Waals surface area (Å²) >= 11 is 10.2. The number of hydrogen-bond acceptors (Lipinski definition) is 10. The van der Waals surface area contributed by atoms with Crippen LogP contribution >= 0.6 is 39.3 Å². The molecule has 0 bridgehead atoms. The number of nitrogens with one attached hydrogen (secondary N) is 1. The zero-order valence-electron chi connectivity index (χ0n) is 23.8. The van der Waals surface area contributed by atoms with Crippen LogP contribution in [0.1, 0.15) is 34.8 Å². The zero-order valence-corrected chi connectivity index (χ0v) is 27.0. The van der Waals surface area contributed by atoms with E-state index in [1.165, 1.54) is 43.5 Å². The number of hydrogen-bond donors (Lipinski definition) is 1. The van der Waals surface area contributed by atoms with Crippen LogP contribution in [0.5, 0.6) is 11.5 Å². The maximum atomic E-state index is 13.1. The highest BCUT2D eigenvalue weighted by molar-refractivity contribution is 9.10. The number of thioether (sulfide) groups is 1. The van der Waals surface area contributed by atoms with Crippen LogP contribution in [0.3, 0.4) is 0 Å². The minimum Gasteiger partial charge on any atom is -0.493 e. The SMILES string of the molecule is CCCOC(=O)c1cc(NC(=O)CN2C(=O)S/C(=C/c3cc(OC)c(OCc4ccc([N+](=O)[O-])cc4)cc3Br)C2=O)ccc1Cl. The topological polar surface area (TPSA) is 154 Å². The maximum Gasteiger partial charge on any atom is 0.339 e. The minimum atomic E-state index is -0.663. The molecule has 0 radical (unpaired) electrons. The summed E-state index contributed by atoms with van der Waals surface area (Å²) in [5, 5.41) is 13.0. The lowest BCUT2D eigenvalue weighted by Crippen LogP contribution is -2.36. The van der Waals surface area contributed by atoms with E-state index in [1.54, 1.807) is 24.3 Å². The molecule has 3 aromatic rings. The minimum absolute atomic E-state index is 0.0324. The Morgan fingerprint density at radius 1 is 1.11 bits per heavy atom. The summed E-state index contributed by atoms with van der Waals surface area (Å²) in [7, 11) is 1.44. The van der Waals surface area contributed by atoms with Gasteiger partial charge in [-0.2, -0.15) is 0 Å². The van der Waals surface area contributed by atoms with Crippen molar-refractivity contribution in [1.29, 1.82) is 0 Å². The normalized spacial score (nSPS) is 13.6. The quantitative estimate of drug-likeness (QED) is 0.0911. The smallest absolute Gasteiger partial charge is 0.339 e. The van der Waals surface area contributed by atoms with Gasteiger partial charge in [0, 0.05) is 22.3 Å². The lowest BCUT2D eigenvalue weighted by Gasteiger charge is -2.14. The number of anilines is 1. The van der Waals surface area contributed by atoms with Crippen LogP contribution < -0.4 is 14.8 Å². The molecule has 45 heavy (non-hydrogen) atoms. The number of halogens is 2. The monoisotopic (exact) mass is 717 g/mol. The van der Waals surface area contributed by atoms with Gasteiger partial charge < -0.3 is 19.5 Å². The van der Waals surface area contributed by atoms with Crippen LogP contribution in [0.15, 0.2) is 64.0 Å². The molecule has 0 unspecified atom stereocenters. The van der Waals surface area contributed by atoms with Gasteiger partial charge in [0.15, 0.2) is 11.5 Å². The van der Waals surface area contributed by atoms with Crippen molar-refractivity contribution in [1.82, 2.24) is 4.90 Å². The van der Waals surface area contributed by atoms with Gasteiger partial charge in [0.1, 0.15) is 13.2 Å². The summed E-state index contributed by atoms with van der Waals surface area (Å²) in [5.74, 6) is -1.25. The Labute approximate surface area is 274 Å². The molecule has 12 nitrogen and oxygen atoms in total. The molecule has 1 fully saturated rings. The summed E-state index contributed by atoms with van der Waals surface area (Å²) < 4.78 is 16.9. The molecule has 0 atom stereocenters. The van der Waals surface area contributed by atoms with E-state index in [4.69, 9.17) is 25.8 Å². The van der Waals surface area contributed by atoms with Gasteiger partial charge in [0.2, 0.25) is 5.91 Å². The van der Waals surface area contributed by atoms with Crippen molar-refractivity contribution in [2.75, 3.05) is 25.6 Å². The number of carbonyl (C=O) groups is 4. The average molecular weight is 719 g/mol. The van der Waals surface area contributed by atoms with E-state index < -0.39 is 34.5 Å². The third kappa shape index (κ3) is 8.41. The molecular formula is C30H25BrClN3O9S. The zero-order chi connectivity index (χ0) is 32.7. The number of nitro groups is 1. The second-order valence-electron chi connectivity index (χ2n) is 9.38. The first-order valence-corrected chi connectivity index (χ1v) is 15.2. The van der Waals surface area contributed by atoms with Crippen LogP contribution in [-0.4, -0.2) is 53.1 Å². The van der Waals surface area contributed by atoms with Gasteiger partial charge >= 0.3 is 5.97 Å². The van der Waals surface area contributed by atoms with Gasteiger partial charge in [0.05, 0.1) is 34.1 Å². The molecule has 1 N–H and O–H groups in total. The summed E-state index contributed by atoms with van der Waals surface area (Å²) in [6.07, 6.45) is 2.12. The van der Waals surface area contributed by atoms with Crippen molar-refractivity contribution in [2.45, 2.75) is 20.0 Å². The summed E-state index contributed by atoms with van der Waals surface area (Å²) in [6, 6.07) is 13.4. The molecule has 15 heteroatoms. The number of ether oxygens (including phenoxy) is 3. The number of esters is 1. The Balaban J connectivity index is 1.43. The Bertz CT molecular complexity index is 1700. The van der Waals surface area contributed by atoms with E-state index in [0.717, 1.165) is 4.90 Å². The molecular weight excluding hydrogens is 694 g/mol. The molecule has 3 amide bonds. The Morgan fingerprint density at radius 3 is 2.51 bits per heavy atom. The number of rotatable bonds is 12. The summed E-state index contributed by atoms with van der Waals surface area (Å²) in [5.41, 5.74) is 1.48. The summed E-state index contributed by atoms with van der Waals surface area (Å²) in [4.78, 5) is 62.1. The van der Waals surface area contributed by atoms with E-state index in [1.807, 2.05) is 6.92 Å². The van der Waals surface area contributed by atoms with Gasteiger partial charge in [0.25, 0.3) is 16.8 Å². The molecule has 0 saturated carbocycles. The highest BCUT2D eigenvalue weighted by Crippen LogP contribution is 2.38. The largest absolute Gasteiger partial charge is 0.493 e. The van der Waals surface area contributed by atoms with Crippen LogP contribution in [0, 0.1) is 10.1 Å². The highest BCUT2D eigenvalue weighted by Gasteiger charge is 2.36. The fourth-order valence-electron chi connectivity index (χ4n) is 3.96. The van der Waals surface area contributed by atoms with Gasteiger partial charge in [-0.05, 0) is 77.9 Å². The lowest BCUT2D eigenvalue weighted by atomic mass is 10.1. The van der Waals surface area contributed by atoms with Gasteiger partial charge in [-0.1, -0.05) is 34.5 Å². The first kappa shape index (κ1) is 33.5. The molecule has 1 aliphatic heterocycles. The fourth-order valence-corrected chi connectivity index (χ4v) is 5.42. The molecule has 1 saturated heterocycles. The number of imide groups is 1. The maximum absolute atomic E-state index is 13.1. The van der Waals surface area contributed by atoms with E-state index in [9.17, 15) is 29.3 Å². The Hall–Kier alpha value is -4.40. The van der Waals surface area contributed by atoms with Gasteiger partial charge in [-0.25, -0.2) is 4.79 Å². The molecule has 0 spiro atoms. The van der Waals surface area contributed by atoms with Crippen molar-refractivity contribution in [3.05, 3.63) is 95.8 Å². The Morgan fingerprint density at radius 2 is 1.84 bits per heavy atom. The molecule has 3 aromatic carbocycles. The van der Waals surface area contributed by atoms with Crippen molar-refractivity contribution in [3.8, 4) is 11.5 Å². The number of nitrogens with zero attached hydrogens (tertiary/aromatic N) is 2. The first-order valence-electron chi connectivity index (χ1n) is 13.3. The van der Waals surface area contributed by atoms with Crippen LogP contribution in [0.2, 0.25) is 5.02 Å². The van der Waals surface area contributed by atoms with Gasteiger partial charge in [-0.3, -0.25) is 29.4 Å². The molecule has 4 rings (SSSR count). The second-order valence-corrected chi connectivity index (χ2v) is 11.6. The van der Waals surface area contributed by atoms with Crippen molar-refractivity contribution >= 4 is 79.8 Å². The van der Waals surface area contributed by atoms with Crippen molar-refractivity contribution in [2.24, 2.45) is 0 Å². The number of amides is 3. The third-order valence-electron chi connectivity index (χ3n) is 6.19. The van der Waals surface area contributed by atoms with Crippen molar-refractivity contribution < 1.29 is 38.3 Å². The van der Waals surface area contributed by atoms with E-state index in [-0.39, 0.29) is 40.1 Å². The predicted octanol–water partition coefficient (Wildman–Crippen LogP) is 6.84. The van der Waals surface area contributed by atoms with E-state index >= 15 is 0 Å². The second kappa shape index (κ2) is 15.1. The van der Waals surface area contributed by atoms with Crippen LogP contribution in [0.25, 0.3) is 6.08 Å². The number of nitro benzene ring substituents is 1. The number of benzene rings is 3. The number of non-ortho nitro benzene ring substituents is 1. The van der Waals surface area contributed by atoms with Crippen LogP contribution in [-0.2, 0) is 20.9 Å². The molecule has 1 heterocycles. The predicted molar refractivity (Wildman–Crippen MR) is 171 cm³/mol. The fraction of sp³-hybridized carbons (Fsp3) is 0.200. The number of methoxy groups -OCH3 is 1. The highest BCUT2D eigenvalue weighted by atomic mass is 79.9. The number of carbonyl (C=O) groups excluding carboxylic acids is 4. The average Bonchev–Trinajstić information content (AvgIpc) is 3.27. The molecule has 1 aliphatic rings. The third-order valence-corrected chi connectivity index (χ3v) is 8.12. The van der Waals surface area contributed by atoms with E-state index in [2.05, 4.69) is 21.2 Å². The molecule has 0 aromatic heterocycles. The molecule has 234 valence electrons. The van der Waals surface area contributed by atoms with E-state index in [0.29, 0.717) is 45.3 Å².